The normalized spacial score (nSPS) is 16.8. The van der Waals surface area contributed by atoms with Crippen LogP contribution in [0.1, 0.15) is 47.7 Å². The van der Waals surface area contributed by atoms with Crippen LogP contribution >= 0.6 is 23.1 Å². The molecule has 3 aliphatic rings. The third-order valence-electron chi connectivity index (χ3n) is 12.8. The average molecular weight is 935 g/mol. The molecule has 16 heteroatoms. The molecule has 0 amide bonds. The van der Waals surface area contributed by atoms with E-state index < -0.39 is 12.1 Å². The van der Waals surface area contributed by atoms with Gasteiger partial charge < -0.3 is 33.7 Å². The van der Waals surface area contributed by atoms with Gasteiger partial charge in [0.25, 0.3) is 0 Å². The minimum atomic E-state index is -1.27. The zero-order valence-corrected chi connectivity index (χ0v) is 39.1. The van der Waals surface area contributed by atoms with Gasteiger partial charge in [0.1, 0.15) is 37.1 Å². The van der Waals surface area contributed by atoms with Gasteiger partial charge in [-0.15, -0.1) is 0 Å². The van der Waals surface area contributed by atoms with Crippen molar-refractivity contribution < 1.29 is 33.6 Å². The molecule has 5 heterocycles. The van der Waals surface area contributed by atoms with Gasteiger partial charge in [0, 0.05) is 88.2 Å². The lowest BCUT2D eigenvalue weighted by Crippen LogP contribution is -2.45. The Kier molecular flexibility index (Phi) is 14.9. The van der Waals surface area contributed by atoms with Crippen LogP contribution in [-0.4, -0.2) is 137 Å². The first-order valence-corrected chi connectivity index (χ1v) is 24.0. The number of fused-ring (bicyclic) bond motifs is 1. The first-order valence-electron chi connectivity index (χ1n) is 22.8. The van der Waals surface area contributed by atoms with Gasteiger partial charge in [0.2, 0.25) is 12.0 Å². The smallest absolute Gasteiger partial charge is 0.345 e. The van der Waals surface area contributed by atoms with Gasteiger partial charge >= 0.3 is 5.97 Å². The van der Waals surface area contributed by atoms with Gasteiger partial charge in [-0.3, -0.25) is 14.8 Å². The number of morpholine rings is 1. The molecule has 0 unspecified atom stereocenters. The van der Waals surface area contributed by atoms with Crippen molar-refractivity contribution in [3.63, 3.8) is 0 Å². The Labute approximate surface area is 394 Å². The maximum absolute atomic E-state index is 13.0. The number of halogens is 1. The highest BCUT2D eigenvalue weighted by atomic mass is 35.5. The van der Waals surface area contributed by atoms with Crippen LogP contribution in [0.2, 0.25) is 5.02 Å². The number of benzene rings is 3. The molecule has 1 aliphatic carbocycles. The van der Waals surface area contributed by atoms with Crippen LogP contribution in [0, 0.1) is 6.92 Å². The number of carboxylic acid groups (broad SMARTS) is 1. The number of aromatic nitrogens is 4. The second-order valence-corrected chi connectivity index (χ2v) is 18.3. The lowest BCUT2D eigenvalue weighted by molar-refractivity contribution is -0.145. The van der Waals surface area contributed by atoms with E-state index in [0.29, 0.717) is 46.8 Å². The molecule has 0 spiro atoms. The topological polar surface area (TPSA) is 145 Å². The minimum Gasteiger partial charge on any atom is -0.492 e. The number of carbonyl (C=O) groups is 1. The Hall–Kier alpha value is -5.42. The van der Waals surface area contributed by atoms with Crippen LogP contribution in [0.3, 0.4) is 0 Å². The van der Waals surface area contributed by atoms with E-state index in [1.807, 2.05) is 73.8 Å². The summed E-state index contributed by atoms with van der Waals surface area (Å²) in [6, 6.07) is 20.9. The molecule has 66 heavy (non-hydrogen) atoms. The second kappa shape index (κ2) is 21.5. The summed E-state index contributed by atoms with van der Waals surface area (Å²) in [4.78, 5) is 34.4. The van der Waals surface area contributed by atoms with Crippen LogP contribution in [0.4, 0.5) is 0 Å². The number of ether oxygens (including phenoxy) is 5. The molecule has 3 aromatic heterocycles. The van der Waals surface area contributed by atoms with Crippen molar-refractivity contribution in [2.75, 3.05) is 85.8 Å². The molecule has 346 valence electrons. The molecular formula is C50H56ClN7O7S. The molecule has 0 radical (unpaired) electrons. The molecule has 14 nitrogen and oxygen atoms in total. The van der Waals surface area contributed by atoms with Crippen molar-refractivity contribution in [2.45, 2.75) is 51.2 Å². The van der Waals surface area contributed by atoms with E-state index in [-0.39, 0.29) is 24.8 Å². The van der Waals surface area contributed by atoms with Crippen molar-refractivity contribution in [1.29, 1.82) is 0 Å². The van der Waals surface area contributed by atoms with Crippen molar-refractivity contribution in [3.05, 3.63) is 107 Å². The monoisotopic (exact) mass is 933 g/mol. The first-order chi connectivity index (χ1) is 32.3. The molecule has 9 rings (SSSR count). The second-order valence-electron chi connectivity index (χ2n) is 17.2. The summed E-state index contributed by atoms with van der Waals surface area (Å²) in [5.41, 5.74) is 5.78. The average Bonchev–Trinajstić information content (AvgIpc) is 3.73. The van der Waals surface area contributed by atoms with Crippen LogP contribution in [0.15, 0.2) is 79.1 Å². The highest BCUT2D eigenvalue weighted by molar-refractivity contribution is 7.13. The predicted octanol–water partition coefficient (Wildman–Crippen LogP) is 8.04. The van der Waals surface area contributed by atoms with Gasteiger partial charge in [-0.2, -0.15) is 4.37 Å². The molecule has 1 atom stereocenters. The van der Waals surface area contributed by atoms with Gasteiger partial charge in [0.05, 0.1) is 39.7 Å². The first kappa shape index (κ1) is 45.7. The number of piperazine rings is 1. The summed E-state index contributed by atoms with van der Waals surface area (Å²) in [6.07, 6.45) is 5.45. The Morgan fingerprint density at radius 1 is 0.894 bits per heavy atom. The van der Waals surface area contributed by atoms with E-state index in [1.165, 1.54) is 11.5 Å². The summed E-state index contributed by atoms with van der Waals surface area (Å²) >= 11 is 8.33. The Balaban J connectivity index is 0.893. The van der Waals surface area contributed by atoms with Gasteiger partial charge in [-0.25, -0.2) is 14.8 Å². The summed E-state index contributed by atoms with van der Waals surface area (Å²) < 4.78 is 36.0. The maximum Gasteiger partial charge on any atom is 0.345 e. The zero-order chi connectivity index (χ0) is 45.4. The van der Waals surface area contributed by atoms with Crippen molar-refractivity contribution in [2.24, 2.45) is 0 Å². The van der Waals surface area contributed by atoms with E-state index in [9.17, 15) is 9.90 Å². The van der Waals surface area contributed by atoms with Gasteiger partial charge in [-0.05, 0) is 97.5 Å². The molecule has 2 aliphatic heterocycles. The number of aliphatic carboxylic acids is 1. The maximum atomic E-state index is 13.0. The fraction of sp³-hybridized carbons (Fsp3) is 0.420. The standard InChI is InChI=1S/C50H56ClN7O7S/c1-33-39(14-15-41(46(33)51)63-29-25-57-20-18-56(2)19-21-57)44-45-43(31-53-47(44)34-7-5-8-34)66-55-49(45)65-42(50(59)60)30-36-6-3-4-9-40(36)64-32-37-16-17-52-48(54-37)35-10-12-38(13-11-35)62-28-24-58-22-26-61-27-23-58/h3-4,6,9-17,31,34,42H,5,7-8,18-30,32H2,1-2H3,(H,59,60)/t42-/m1/s1. The molecule has 3 aromatic carbocycles. The number of nitrogens with zero attached hydrogens (tertiary/aromatic N) is 7. The van der Waals surface area contributed by atoms with E-state index >= 15 is 0 Å². The summed E-state index contributed by atoms with van der Waals surface area (Å²) in [7, 11) is 2.15. The number of rotatable bonds is 19. The van der Waals surface area contributed by atoms with Crippen molar-refractivity contribution in [3.8, 4) is 45.6 Å². The molecular weight excluding hydrogens is 878 g/mol. The summed E-state index contributed by atoms with van der Waals surface area (Å²) in [5.74, 6) is 1.91. The zero-order valence-electron chi connectivity index (χ0n) is 37.5. The van der Waals surface area contributed by atoms with E-state index in [4.69, 9.17) is 49.6 Å². The number of hydrogen-bond donors (Lipinski definition) is 1. The fourth-order valence-electron chi connectivity index (χ4n) is 8.58. The fourth-order valence-corrected chi connectivity index (χ4v) is 9.50. The number of pyridine rings is 1. The Bertz CT molecular complexity index is 2600. The molecule has 1 N–H and O–H groups in total. The largest absolute Gasteiger partial charge is 0.492 e. The Morgan fingerprint density at radius 2 is 1.65 bits per heavy atom. The number of hydrogen-bond acceptors (Lipinski definition) is 14. The lowest BCUT2D eigenvalue weighted by Gasteiger charge is -2.32. The predicted molar refractivity (Wildman–Crippen MR) is 255 cm³/mol. The third kappa shape index (κ3) is 10.9. The molecule has 1 saturated carbocycles. The van der Waals surface area contributed by atoms with E-state index in [2.05, 4.69) is 26.7 Å². The van der Waals surface area contributed by atoms with Crippen molar-refractivity contribution >= 4 is 39.2 Å². The molecule has 0 bridgehead atoms. The number of para-hydroxylation sites is 1. The Morgan fingerprint density at radius 3 is 2.41 bits per heavy atom. The lowest BCUT2D eigenvalue weighted by atomic mass is 9.79. The van der Waals surface area contributed by atoms with Gasteiger partial charge in [0.15, 0.2) is 5.82 Å². The quantitative estimate of drug-likeness (QED) is 0.0837. The van der Waals surface area contributed by atoms with E-state index in [1.54, 1.807) is 12.3 Å². The van der Waals surface area contributed by atoms with Crippen LogP contribution in [0.5, 0.6) is 23.1 Å². The van der Waals surface area contributed by atoms with Crippen LogP contribution in [0.25, 0.3) is 32.6 Å². The van der Waals surface area contributed by atoms with Crippen LogP contribution in [-0.2, 0) is 22.6 Å². The van der Waals surface area contributed by atoms with Crippen LogP contribution < -0.4 is 18.9 Å². The summed E-state index contributed by atoms with van der Waals surface area (Å²) in [6.45, 7) is 12.5. The van der Waals surface area contributed by atoms with E-state index in [0.717, 1.165) is 129 Å². The third-order valence-corrected chi connectivity index (χ3v) is 14.0. The highest BCUT2D eigenvalue weighted by Crippen LogP contribution is 2.48. The van der Waals surface area contributed by atoms with Gasteiger partial charge in [-0.1, -0.05) is 42.3 Å². The highest BCUT2D eigenvalue weighted by Gasteiger charge is 2.31. The van der Waals surface area contributed by atoms with Crippen molar-refractivity contribution in [1.82, 2.24) is 34.0 Å². The minimum absolute atomic E-state index is 0.0291. The molecule has 3 fully saturated rings. The SMILES string of the molecule is Cc1c(-c2c(C3CCC3)ncc3snc(O[C@H](Cc4ccccc4OCc4ccnc(-c5ccc(OCCN6CCOCC6)cc5)n4)C(=O)O)c23)ccc(OCCN2CCN(C)CC2)c1Cl. The molecule has 2 saturated heterocycles. The number of likely N-dealkylation sites (N-methyl/N-ethyl adjacent to an activating group) is 1. The number of carboxylic acids is 1. The summed E-state index contributed by atoms with van der Waals surface area (Å²) in [5, 5.41) is 11.9. The molecule has 6 aromatic rings.